The number of amides is 1. The van der Waals surface area contributed by atoms with E-state index in [1.807, 2.05) is 24.3 Å². The van der Waals surface area contributed by atoms with Gasteiger partial charge in [-0.1, -0.05) is 61.3 Å². The van der Waals surface area contributed by atoms with Crippen LogP contribution < -0.4 is 10.1 Å². The lowest BCUT2D eigenvalue weighted by Crippen LogP contribution is -2.39. The summed E-state index contributed by atoms with van der Waals surface area (Å²) >= 11 is 12.8. The molecule has 0 bridgehead atoms. The maximum atomic E-state index is 12.8. The molecule has 0 aliphatic carbocycles. The Kier molecular flexibility index (Phi) is 8.15. The van der Waals surface area contributed by atoms with Gasteiger partial charge in [0.2, 0.25) is 5.88 Å². The second-order valence-corrected chi connectivity index (χ2v) is 13.1. The third-order valence-electron chi connectivity index (χ3n) is 7.60. The predicted octanol–water partition coefficient (Wildman–Crippen LogP) is 8.62. The number of halogens is 2. The number of hydrogen-bond acceptors (Lipinski definition) is 5. The number of nitrogens with zero attached hydrogens (tertiary/aromatic N) is 1. The lowest BCUT2D eigenvalue weighted by Gasteiger charge is -2.40. The number of hydrogen-bond donors (Lipinski definition) is 3. The van der Waals surface area contributed by atoms with E-state index in [-0.39, 0.29) is 34.3 Å². The molecule has 8 heteroatoms. The van der Waals surface area contributed by atoms with Crippen LogP contribution in [0.15, 0.2) is 72.8 Å². The van der Waals surface area contributed by atoms with Crippen LogP contribution in [0.5, 0.6) is 17.4 Å². The Morgan fingerprint density at radius 3 is 2.43 bits per heavy atom. The van der Waals surface area contributed by atoms with Crippen LogP contribution in [0.25, 0.3) is 22.4 Å². The zero-order valence-electron chi connectivity index (χ0n) is 24.0. The zero-order chi connectivity index (χ0) is 30.2. The minimum atomic E-state index is -0.475. The lowest BCUT2D eigenvalue weighted by molar-refractivity contribution is 0.0572. The van der Waals surface area contributed by atoms with E-state index in [9.17, 15) is 15.0 Å². The average Bonchev–Trinajstić information content (AvgIpc) is 2.91. The maximum absolute atomic E-state index is 12.8. The summed E-state index contributed by atoms with van der Waals surface area (Å²) < 4.78 is 6.45. The molecule has 0 saturated heterocycles. The quantitative estimate of drug-likeness (QED) is 0.196. The van der Waals surface area contributed by atoms with E-state index in [0.29, 0.717) is 33.7 Å². The van der Waals surface area contributed by atoms with Crippen molar-refractivity contribution in [1.82, 2.24) is 10.3 Å². The largest absolute Gasteiger partial charge is 0.508 e. The van der Waals surface area contributed by atoms with Gasteiger partial charge in [-0.2, -0.15) is 0 Å². The van der Waals surface area contributed by atoms with E-state index >= 15 is 0 Å². The summed E-state index contributed by atoms with van der Waals surface area (Å²) in [6.07, 6.45) is 1.52. The number of carbonyl (C=O) groups excluding carboxylic acids is 1. The molecule has 0 fully saturated rings. The Morgan fingerprint density at radius 2 is 1.74 bits per heavy atom. The summed E-state index contributed by atoms with van der Waals surface area (Å²) in [4.78, 5) is 17.9. The Labute approximate surface area is 256 Å². The van der Waals surface area contributed by atoms with Gasteiger partial charge in [0, 0.05) is 28.3 Å². The number of fused-ring (bicyclic) bond motifs is 1. The number of carbonyl (C=O) groups is 1. The van der Waals surface area contributed by atoms with Gasteiger partial charge in [-0.05, 0) is 92.1 Å². The van der Waals surface area contributed by atoms with Crippen LogP contribution in [0, 0.1) is 5.41 Å². The van der Waals surface area contributed by atoms with Gasteiger partial charge in [0.15, 0.2) is 0 Å². The number of pyridine rings is 1. The van der Waals surface area contributed by atoms with Crippen molar-refractivity contribution in [3.05, 3.63) is 94.0 Å². The van der Waals surface area contributed by atoms with Crippen LogP contribution in [-0.2, 0) is 0 Å². The number of ether oxygens (including phenoxy) is 1. The van der Waals surface area contributed by atoms with Gasteiger partial charge in [0.1, 0.15) is 17.1 Å². The van der Waals surface area contributed by atoms with Crippen LogP contribution in [0.2, 0.25) is 10.0 Å². The van der Waals surface area contributed by atoms with E-state index in [1.165, 1.54) is 12.1 Å². The number of rotatable bonds is 7. The first-order valence-corrected chi connectivity index (χ1v) is 14.6. The number of nitrogens with one attached hydrogen (secondary N) is 1. The zero-order valence-corrected chi connectivity index (χ0v) is 25.6. The fourth-order valence-corrected chi connectivity index (χ4v) is 6.04. The first-order valence-electron chi connectivity index (χ1n) is 13.9. The summed E-state index contributed by atoms with van der Waals surface area (Å²) in [6, 6.07) is 21.1. The third-order valence-corrected chi connectivity index (χ3v) is 8.17. The monoisotopic (exact) mass is 604 g/mol. The molecule has 1 unspecified atom stereocenters. The lowest BCUT2D eigenvalue weighted by atomic mass is 9.74. The van der Waals surface area contributed by atoms with Crippen LogP contribution in [0.4, 0.5) is 0 Å². The molecule has 0 radical (unpaired) electrons. The van der Waals surface area contributed by atoms with Gasteiger partial charge < -0.3 is 20.3 Å². The average molecular weight is 606 g/mol. The SMILES string of the molecule is CC(C)(CNC(=O)c1ccccc1O)CC1CC(C)(C)Oc2nc(-c3ccc(O)cc3Cl)c(-c3ccc(Cl)cc3)cc21. The van der Waals surface area contributed by atoms with Crippen molar-refractivity contribution in [3.8, 4) is 39.8 Å². The summed E-state index contributed by atoms with van der Waals surface area (Å²) in [5, 5.41) is 24.1. The Morgan fingerprint density at radius 1 is 1.02 bits per heavy atom. The molecule has 1 atom stereocenters. The van der Waals surface area contributed by atoms with Crippen LogP contribution in [0.1, 0.15) is 62.4 Å². The molecule has 5 rings (SSSR count). The first kappa shape index (κ1) is 29.7. The van der Waals surface area contributed by atoms with Crippen molar-refractivity contribution < 1.29 is 19.7 Å². The highest BCUT2D eigenvalue weighted by Gasteiger charge is 2.38. The van der Waals surface area contributed by atoms with Crippen molar-refractivity contribution in [1.29, 1.82) is 0 Å². The molecular weight excluding hydrogens is 571 g/mol. The highest BCUT2D eigenvalue weighted by atomic mass is 35.5. The molecule has 4 aromatic rings. The summed E-state index contributed by atoms with van der Waals surface area (Å²) in [7, 11) is 0. The molecule has 6 nitrogen and oxygen atoms in total. The normalized spacial score (nSPS) is 15.9. The van der Waals surface area contributed by atoms with Crippen molar-refractivity contribution in [2.45, 2.75) is 52.1 Å². The highest BCUT2D eigenvalue weighted by molar-refractivity contribution is 6.33. The second kappa shape index (κ2) is 11.5. The Bertz CT molecular complexity index is 1630. The summed E-state index contributed by atoms with van der Waals surface area (Å²) in [6.45, 7) is 8.78. The first-order chi connectivity index (χ1) is 19.8. The molecule has 218 valence electrons. The molecule has 0 spiro atoms. The van der Waals surface area contributed by atoms with Gasteiger partial charge in [-0.3, -0.25) is 4.79 Å². The second-order valence-electron chi connectivity index (χ2n) is 12.3. The number of aromatic hydroxyl groups is 2. The number of para-hydroxylation sites is 1. The fourth-order valence-electron chi connectivity index (χ4n) is 5.65. The number of phenols is 2. The molecule has 1 amide bonds. The van der Waals surface area contributed by atoms with Gasteiger partial charge >= 0.3 is 0 Å². The van der Waals surface area contributed by atoms with Crippen molar-refractivity contribution >= 4 is 29.1 Å². The minimum Gasteiger partial charge on any atom is -0.508 e. The van der Waals surface area contributed by atoms with Gasteiger partial charge in [0.25, 0.3) is 5.91 Å². The van der Waals surface area contributed by atoms with E-state index in [0.717, 1.165) is 29.5 Å². The molecular formula is C34H34Cl2N2O4. The fraction of sp³-hybridized carbons (Fsp3) is 0.294. The highest BCUT2D eigenvalue weighted by Crippen LogP contribution is 2.48. The predicted molar refractivity (Wildman–Crippen MR) is 168 cm³/mol. The minimum absolute atomic E-state index is 0.0433. The van der Waals surface area contributed by atoms with Crippen LogP contribution in [0.3, 0.4) is 0 Å². The maximum Gasteiger partial charge on any atom is 0.255 e. The third kappa shape index (κ3) is 6.50. The molecule has 0 saturated carbocycles. The van der Waals surface area contributed by atoms with Gasteiger partial charge in [-0.25, -0.2) is 4.98 Å². The van der Waals surface area contributed by atoms with Crippen LogP contribution >= 0.6 is 23.2 Å². The molecule has 42 heavy (non-hydrogen) atoms. The van der Waals surface area contributed by atoms with E-state index < -0.39 is 5.60 Å². The summed E-state index contributed by atoms with van der Waals surface area (Å²) in [5.41, 5.74) is 3.60. The van der Waals surface area contributed by atoms with E-state index in [2.05, 4.69) is 39.1 Å². The molecule has 3 aromatic carbocycles. The molecule has 1 aliphatic rings. The van der Waals surface area contributed by atoms with E-state index in [1.54, 1.807) is 30.3 Å². The number of benzene rings is 3. The number of phenolic OH excluding ortho intramolecular Hbond substituents is 2. The van der Waals surface area contributed by atoms with Crippen LogP contribution in [-0.4, -0.2) is 33.3 Å². The van der Waals surface area contributed by atoms with Crippen molar-refractivity contribution in [3.63, 3.8) is 0 Å². The molecule has 2 heterocycles. The summed E-state index contributed by atoms with van der Waals surface area (Å²) in [5.74, 6) is 0.351. The van der Waals surface area contributed by atoms with Crippen molar-refractivity contribution in [2.24, 2.45) is 5.41 Å². The Hall–Kier alpha value is -3.74. The van der Waals surface area contributed by atoms with Gasteiger partial charge in [0.05, 0.1) is 16.3 Å². The molecule has 1 aromatic heterocycles. The topological polar surface area (TPSA) is 91.7 Å². The van der Waals surface area contributed by atoms with Crippen molar-refractivity contribution in [2.75, 3.05) is 6.54 Å². The Balaban J connectivity index is 1.52. The molecule has 1 aliphatic heterocycles. The molecule has 3 N–H and O–H groups in total. The van der Waals surface area contributed by atoms with Gasteiger partial charge in [-0.15, -0.1) is 0 Å². The smallest absolute Gasteiger partial charge is 0.255 e. The number of aromatic nitrogens is 1. The standard InChI is InChI=1S/C34H34Cl2N2O4/c1-33(2,19-37-31(41)25-7-5-6-8-29(25)40)17-21-18-34(3,4)42-32-27(21)16-26(20-9-11-22(35)12-10-20)30(38-32)24-14-13-23(39)15-28(24)36/h5-16,21,39-40H,17-19H2,1-4H3,(H,37,41). The van der Waals surface area contributed by atoms with E-state index in [4.69, 9.17) is 32.9 Å².